The minimum absolute atomic E-state index is 0.209. The van der Waals surface area contributed by atoms with Crippen LogP contribution in [-0.4, -0.2) is 30.0 Å². The van der Waals surface area contributed by atoms with Gasteiger partial charge < -0.3 is 16.0 Å². The maximum Gasteiger partial charge on any atom is 0.240 e. The summed E-state index contributed by atoms with van der Waals surface area (Å²) in [5.74, 6) is 1.39. The summed E-state index contributed by atoms with van der Waals surface area (Å²) >= 11 is 0. The van der Waals surface area contributed by atoms with Crippen LogP contribution in [0.3, 0.4) is 0 Å². The third-order valence-electron chi connectivity index (χ3n) is 2.97. The maximum atomic E-state index is 11.3. The lowest BCUT2D eigenvalue weighted by atomic mass is 10.2. The zero-order chi connectivity index (χ0) is 12.3. The standard InChI is InChI=1S/C12H18N4O/c1-2-14-10-6-3-7-11(15-10)16-8-4-5-9(16)12(13)17/h3,6-7,9H,2,4-5,8H2,1H3,(H2,13,17)(H,14,15). The Labute approximate surface area is 101 Å². The molecule has 0 bridgehead atoms. The highest BCUT2D eigenvalue weighted by atomic mass is 16.1. The number of carbonyl (C=O) groups excluding carboxylic acids is 1. The molecule has 1 aromatic rings. The maximum absolute atomic E-state index is 11.3. The van der Waals surface area contributed by atoms with Crippen LogP contribution in [0.25, 0.3) is 0 Å². The highest BCUT2D eigenvalue weighted by Crippen LogP contribution is 2.24. The molecule has 1 fully saturated rings. The summed E-state index contributed by atoms with van der Waals surface area (Å²) < 4.78 is 0. The van der Waals surface area contributed by atoms with Crippen molar-refractivity contribution in [1.29, 1.82) is 0 Å². The molecule has 5 heteroatoms. The van der Waals surface area contributed by atoms with Gasteiger partial charge in [0.15, 0.2) is 0 Å². The van der Waals surface area contributed by atoms with Gasteiger partial charge in [0.1, 0.15) is 17.7 Å². The second kappa shape index (κ2) is 5.03. The lowest BCUT2D eigenvalue weighted by Crippen LogP contribution is -2.40. The van der Waals surface area contributed by atoms with Crippen molar-refractivity contribution in [2.75, 3.05) is 23.3 Å². The minimum atomic E-state index is -0.266. The van der Waals surface area contributed by atoms with Gasteiger partial charge in [0.2, 0.25) is 5.91 Å². The number of nitrogens with two attached hydrogens (primary N) is 1. The molecular weight excluding hydrogens is 216 g/mol. The Morgan fingerprint density at radius 3 is 3.18 bits per heavy atom. The number of aromatic nitrogens is 1. The van der Waals surface area contributed by atoms with E-state index in [-0.39, 0.29) is 11.9 Å². The van der Waals surface area contributed by atoms with Crippen LogP contribution in [0.1, 0.15) is 19.8 Å². The molecule has 0 aliphatic carbocycles. The topological polar surface area (TPSA) is 71.2 Å². The predicted octanol–water partition coefficient (Wildman–Crippen LogP) is 0.967. The van der Waals surface area contributed by atoms with Crippen LogP contribution in [-0.2, 0) is 4.79 Å². The summed E-state index contributed by atoms with van der Waals surface area (Å²) in [6, 6.07) is 5.57. The molecule has 1 aliphatic rings. The summed E-state index contributed by atoms with van der Waals surface area (Å²) in [4.78, 5) is 17.8. The smallest absolute Gasteiger partial charge is 0.240 e. The van der Waals surface area contributed by atoms with Crippen LogP contribution >= 0.6 is 0 Å². The first-order valence-electron chi connectivity index (χ1n) is 5.99. The minimum Gasteiger partial charge on any atom is -0.370 e. The summed E-state index contributed by atoms with van der Waals surface area (Å²) in [7, 11) is 0. The van der Waals surface area contributed by atoms with E-state index >= 15 is 0 Å². The van der Waals surface area contributed by atoms with Crippen molar-refractivity contribution in [3.63, 3.8) is 0 Å². The first-order valence-corrected chi connectivity index (χ1v) is 5.99. The molecule has 0 spiro atoms. The van der Waals surface area contributed by atoms with Crippen molar-refractivity contribution in [2.24, 2.45) is 5.73 Å². The average Bonchev–Trinajstić information content (AvgIpc) is 2.79. The van der Waals surface area contributed by atoms with Gasteiger partial charge in [-0.15, -0.1) is 0 Å². The molecule has 1 amide bonds. The molecule has 1 unspecified atom stereocenters. The third-order valence-corrected chi connectivity index (χ3v) is 2.97. The summed E-state index contributed by atoms with van der Waals surface area (Å²) in [5, 5.41) is 3.16. The van der Waals surface area contributed by atoms with E-state index in [0.717, 1.165) is 37.6 Å². The number of rotatable bonds is 4. The van der Waals surface area contributed by atoms with Crippen LogP contribution < -0.4 is 16.0 Å². The third kappa shape index (κ3) is 2.49. The summed E-state index contributed by atoms with van der Waals surface area (Å²) in [6.07, 6.45) is 1.81. The zero-order valence-electron chi connectivity index (χ0n) is 10.0. The van der Waals surface area contributed by atoms with Gasteiger partial charge in [-0.25, -0.2) is 4.98 Å². The Bertz CT molecular complexity index is 407. The Morgan fingerprint density at radius 2 is 2.47 bits per heavy atom. The Hall–Kier alpha value is -1.78. The molecule has 5 nitrogen and oxygen atoms in total. The van der Waals surface area contributed by atoms with E-state index in [0.29, 0.717) is 0 Å². The number of hydrogen-bond donors (Lipinski definition) is 2. The first kappa shape index (κ1) is 11.7. The van der Waals surface area contributed by atoms with Gasteiger partial charge in [0.25, 0.3) is 0 Å². The molecule has 0 aromatic carbocycles. The van der Waals surface area contributed by atoms with E-state index in [1.165, 1.54) is 0 Å². The van der Waals surface area contributed by atoms with Gasteiger partial charge in [0.05, 0.1) is 0 Å². The molecule has 1 atom stereocenters. The van der Waals surface area contributed by atoms with Crippen molar-refractivity contribution in [3.8, 4) is 0 Å². The van der Waals surface area contributed by atoms with Gasteiger partial charge >= 0.3 is 0 Å². The van der Waals surface area contributed by atoms with Crippen LogP contribution in [0.15, 0.2) is 18.2 Å². The summed E-state index contributed by atoms with van der Waals surface area (Å²) in [6.45, 7) is 3.70. The first-order chi connectivity index (χ1) is 8.22. The highest BCUT2D eigenvalue weighted by molar-refractivity contribution is 5.84. The number of carbonyl (C=O) groups is 1. The number of pyridine rings is 1. The molecule has 1 saturated heterocycles. The van der Waals surface area contributed by atoms with E-state index in [1.807, 2.05) is 30.0 Å². The van der Waals surface area contributed by atoms with Crippen LogP contribution in [0, 0.1) is 0 Å². The quantitative estimate of drug-likeness (QED) is 0.814. The predicted molar refractivity (Wildman–Crippen MR) is 68.0 cm³/mol. The molecule has 17 heavy (non-hydrogen) atoms. The van der Waals surface area contributed by atoms with Gasteiger partial charge in [-0.05, 0) is 31.9 Å². The van der Waals surface area contributed by atoms with Crippen LogP contribution in [0.5, 0.6) is 0 Å². The number of anilines is 2. The monoisotopic (exact) mass is 234 g/mol. The van der Waals surface area contributed by atoms with Crippen LogP contribution in [0.4, 0.5) is 11.6 Å². The van der Waals surface area contributed by atoms with E-state index < -0.39 is 0 Å². The van der Waals surface area contributed by atoms with Gasteiger partial charge in [-0.2, -0.15) is 0 Å². The van der Waals surface area contributed by atoms with Crippen molar-refractivity contribution < 1.29 is 4.79 Å². The Kier molecular flexibility index (Phi) is 3.46. The molecule has 3 N–H and O–H groups in total. The molecule has 0 radical (unpaired) electrons. The van der Waals surface area contributed by atoms with E-state index in [4.69, 9.17) is 5.73 Å². The van der Waals surface area contributed by atoms with Crippen molar-refractivity contribution >= 4 is 17.5 Å². The van der Waals surface area contributed by atoms with E-state index in [2.05, 4.69) is 10.3 Å². The molecule has 0 saturated carbocycles. The number of amides is 1. The van der Waals surface area contributed by atoms with Crippen molar-refractivity contribution in [1.82, 2.24) is 4.98 Å². The molecule has 2 rings (SSSR count). The average molecular weight is 234 g/mol. The van der Waals surface area contributed by atoms with Crippen LogP contribution in [0.2, 0.25) is 0 Å². The Balaban J connectivity index is 2.21. The van der Waals surface area contributed by atoms with Crippen molar-refractivity contribution in [3.05, 3.63) is 18.2 Å². The second-order valence-corrected chi connectivity index (χ2v) is 4.17. The molecule has 1 aromatic heterocycles. The molecule has 1 aliphatic heterocycles. The highest BCUT2D eigenvalue weighted by Gasteiger charge is 2.29. The van der Waals surface area contributed by atoms with Gasteiger partial charge in [-0.3, -0.25) is 4.79 Å². The van der Waals surface area contributed by atoms with Gasteiger partial charge in [0, 0.05) is 13.1 Å². The number of primary amides is 1. The lowest BCUT2D eigenvalue weighted by Gasteiger charge is -2.23. The number of nitrogens with zero attached hydrogens (tertiary/aromatic N) is 2. The molecular formula is C12H18N4O. The van der Waals surface area contributed by atoms with E-state index in [1.54, 1.807) is 0 Å². The van der Waals surface area contributed by atoms with Crippen molar-refractivity contribution in [2.45, 2.75) is 25.8 Å². The normalized spacial score (nSPS) is 19.4. The number of nitrogens with one attached hydrogen (secondary N) is 1. The largest absolute Gasteiger partial charge is 0.370 e. The fourth-order valence-electron chi connectivity index (χ4n) is 2.20. The fourth-order valence-corrected chi connectivity index (χ4v) is 2.20. The summed E-state index contributed by atoms with van der Waals surface area (Å²) in [5.41, 5.74) is 5.40. The number of hydrogen-bond acceptors (Lipinski definition) is 4. The van der Waals surface area contributed by atoms with Gasteiger partial charge in [-0.1, -0.05) is 6.07 Å². The van der Waals surface area contributed by atoms with E-state index in [9.17, 15) is 4.79 Å². The zero-order valence-corrected chi connectivity index (χ0v) is 10.0. The molecule has 2 heterocycles. The second-order valence-electron chi connectivity index (χ2n) is 4.17. The Morgan fingerprint density at radius 1 is 1.65 bits per heavy atom. The lowest BCUT2D eigenvalue weighted by molar-refractivity contribution is -0.119. The SMILES string of the molecule is CCNc1cccc(N2CCCC2C(N)=O)n1. The molecule has 92 valence electrons. The fraction of sp³-hybridized carbons (Fsp3) is 0.500.